The number of nitrogens with zero attached hydrogens (tertiary/aromatic N) is 3. The van der Waals surface area contributed by atoms with Gasteiger partial charge in [0.25, 0.3) is 0 Å². The maximum Gasteiger partial charge on any atom is 0.434 e. The molecule has 0 amide bonds. The highest BCUT2D eigenvalue weighted by Crippen LogP contribution is 2.29. The normalized spacial score (nSPS) is 12.5. The first-order chi connectivity index (χ1) is 13.5. The Hall–Kier alpha value is -2.62. The van der Waals surface area contributed by atoms with Crippen LogP contribution >= 0.6 is 11.3 Å². The zero-order valence-electron chi connectivity index (χ0n) is 15.3. The van der Waals surface area contributed by atoms with E-state index in [-0.39, 0.29) is 0 Å². The highest BCUT2D eigenvalue weighted by atomic mass is 32.1. The second-order valence-electron chi connectivity index (χ2n) is 6.10. The number of H-pyrrole nitrogens is 1. The van der Waals surface area contributed by atoms with Crippen LogP contribution in [0.3, 0.4) is 0 Å². The van der Waals surface area contributed by atoms with Gasteiger partial charge in [-0.05, 0) is 18.6 Å². The Kier molecular flexibility index (Phi) is 6.50. The number of hydrogen-bond acceptors (Lipinski definition) is 4. The fraction of sp³-hybridized carbons (Fsp3) is 0.389. The standard InChI is InChI=1S/C18H21F3N6S/c1-22-17(24-10-8-16-27-14(11-28-16)18(19,20)21)23-9-4-7-15-25-12-5-2-3-6-13(12)26-15/h2-3,5-6,11H,4,7-10H2,1H3,(H,25,26)(H2,22,23,24). The molecule has 3 aromatic rings. The van der Waals surface area contributed by atoms with E-state index in [1.807, 2.05) is 24.3 Å². The van der Waals surface area contributed by atoms with E-state index >= 15 is 0 Å². The molecule has 0 bridgehead atoms. The van der Waals surface area contributed by atoms with Crippen LogP contribution in [0.1, 0.15) is 22.9 Å². The van der Waals surface area contributed by atoms with Gasteiger partial charge in [0.1, 0.15) is 5.82 Å². The Labute approximate surface area is 164 Å². The molecule has 0 aliphatic heterocycles. The lowest BCUT2D eigenvalue weighted by Gasteiger charge is -2.10. The first kappa shape index (κ1) is 20.1. The third-order valence-electron chi connectivity index (χ3n) is 4.02. The average molecular weight is 410 g/mol. The molecule has 2 heterocycles. The highest BCUT2D eigenvalue weighted by Gasteiger charge is 2.33. The van der Waals surface area contributed by atoms with Crippen molar-refractivity contribution in [2.75, 3.05) is 20.1 Å². The van der Waals surface area contributed by atoms with Crippen molar-refractivity contribution in [3.05, 3.63) is 46.2 Å². The Balaban J connectivity index is 1.37. The number of guanidine groups is 1. The summed E-state index contributed by atoms with van der Waals surface area (Å²) in [6.45, 7) is 1.15. The minimum atomic E-state index is -4.39. The predicted octanol–water partition coefficient (Wildman–Crippen LogP) is 3.38. The van der Waals surface area contributed by atoms with E-state index in [2.05, 4.69) is 30.6 Å². The van der Waals surface area contributed by atoms with Crippen molar-refractivity contribution in [1.82, 2.24) is 25.6 Å². The number of aromatic nitrogens is 3. The van der Waals surface area contributed by atoms with Crippen molar-refractivity contribution in [3.63, 3.8) is 0 Å². The summed E-state index contributed by atoms with van der Waals surface area (Å²) in [5, 5.41) is 7.76. The molecule has 0 aliphatic rings. The zero-order valence-corrected chi connectivity index (χ0v) is 16.1. The van der Waals surface area contributed by atoms with Crippen molar-refractivity contribution in [1.29, 1.82) is 0 Å². The Morgan fingerprint density at radius 1 is 1.14 bits per heavy atom. The fourth-order valence-corrected chi connectivity index (χ4v) is 3.46. The van der Waals surface area contributed by atoms with Crippen LogP contribution in [0.2, 0.25) is 0 Å². The number of alkyl halides is 3. The van der Waals surface area contributed by atoms with E-state index in [1.54, 1.807) is 7.05 Å². The number of thiazole rings is 1. The molecule has 3 rings (SSSR count). The lowest BCUT2D eigenvalue weighted by Crippen LogP contribution is -2.38. The van der Waals surface area contributed by atoms with Crippen LogP contribution < -0.4 is 10.6 Å². The summed E-state index contributed by atoms with van der Waals surface area (Å²) in [5.74, 6) is 1.55. The van der Waals surface area contributed by atoms with Gasteiger partial charge in [0.2, 0.25) is 0 Å². The quantitative estimate of drug-likeness (QED) is 0.317. The third kappa shape index (κ3) is 5.44. The fourth-order valence-electron chi connectivity index (χ4n) is 2.65. The van der Waals surface area contributed by atoms with E-state index in [0.29, 0.717) is 30.5 Å². The van der Waals surface area contributed by atoms with Gasteiger partial charge in [0.05, 0.1) is 16.0 Å². The molecular weight excluding hydrogens is 389 g/mol. The SMILES string of the molecule is CN=C(NCCCc1nc2ccccc2[nH]1)NCCc1nc(C(F)(F)F)cs1. The second kappa shape index (κ2) is 9.05. The summed E-state index contributed by atoms with van der Waals surface area (Å²) < 4.78 is 37.7. The molecule has 0 fully saturated rings. The summed E-state index contributed by atoms with van der Waals surface area (Å²) >= 11 is 1.01. The third-order valence-corrected chi connectivity index (χ3v) is 4.93. The Morgan fingerprint density at radius 2 is 1.93 bits per heavy atom. The minimum absolute atomic E-state index is 0.403. The van der Waals surface area contributed by atoms with Gasteiger partial charge < -0.3 is 15.6 Å². The molecule has 0 spiro atoms. The number of rotatable bonds is 7. The second-order valence-corrected chi connectivity index (χ2v) is 7.05. The van der Waals surface area contributed by atoms with Gasteiger partial charge in [0, 0.05) is 38.4 Å². The number of fused-ring (bicyclic) bond motifs is 1. The van der Waals surface area contributed by atoms with E-state index in [0.717, 1.165) is 46.4 Å². The number of imidazole rings is 1. The van der Waals surface area contributed by atoms with Crippen LogP contribution in [-0.4, -0.2) is 41.0 Å². The molecule has 0 atom stereocenters. The number of hydrogen-bond donors (Lipinski definition) is 3. The summed E-state index contributed by atoms with van der Waals surface area (Å²) in [6, 6.07) is 7.90. The largest absolute Gasteiger partial charge is 0.434 e. The topological polar surface area (TPSA) is 78.0 Å². The molecule has 0 saturated carbocycles. The van der Waals surface area contributed by atoms with Crippen molar-refractivity contribution >= 4 is 28.3 Å². The zero-order chi connectivity index (χ0) is 20.0. The minimum Gasteiger partial charge on any atom is -0.356 e. The average Bonchev–Trinajstić information content (AvgIpc) is 3.30. The molecule has 2 aromatic heterocycles. The van der Waals surface area contributed by atoms with Crippen molar-refractivity contribution in [2.24, 2.45) is 4.99 Å². The molecular formula is C18H21F3N6S. The van der Waals surface area contributed by atoms with Crippen LogP contribution in [0.15, 0.2) is 34.6 Å². The molecule has 0 unspecified atom stereocenters. The van der Waals surface area contributed by atoms with Crippen molar-refractivity contribution in [2.45, 2.75) is 25.4 Å². The van der Waals surface area contributed by atoms with Gasteiger partial charge in [-0.3, -0.25) is 4.99 Å². The number of aromatic amines is 1. The number of benzene rings is 1. The number of aliphatic imine (C=N–C) groups is 1. The van der Waals surface area contributed by atoms with Crippen LogP contribution in [0.4, 0.5) is 13.2 Å². The molecule has 0 radical (unpaired) electrons. The molecule has 28 heavy (non-hydrogen) atoms. The van der Waals surface area contributed by atoms with E-state index in [4.69, 9.17) is 0 Å². The van der Waals surface area contributed by atoms with Gasteiger partial charge in [-0.15, -0.1) is 11.3 Å². The predicted molar refractivity (Wildman–Crippen MR) is 105 cm³/mol. The van der Waals surface area contributed by atoms with E-state index < -0.39 is 11.9 Å². The molecule has 1 aromatic carbocycles. The van der Waals surface area contributed by atoms with Crippen molar-refractivity contribution < 1.29 is 13.2 Å². The summed E-state index contributed by atoms with van der Waals surface area (Å²) in [5.41, 5.74) is 1.15. The lowest BCUT2D eigenvalue weighted by atomic mass is 10.3. The van der Waals surface area contributed by atoms with E-state index in [1.165, 1.54) is 0 Å². The monoisotopic (exact) mass is 410 g/mol. The van der Waals surface area contributed by atoms with Crippen LogP contribution in [0.25, 0.3) is 11.0 Å². The van der Waals surface area contributed by atoms with Crippen molar-refractivity contribution in [3.8, 4) is 0 Å². The summed E-state index contributed by atoms with van der Waals surface area (Å²) in [4.78, 5) is 15.6. The van der Waals surface area contributed by atoms with Gasteiger partial charge in [0.15, 0.2) is 11.7 Å². The van der Waals surface area contributed by atoms with Crippen LogP contribution in [0.5, 0.6) is 0 Å². The van der Waals surface area contributed by atoms with Gasteiger partial charge >= 0.3 is 6.18 Å². The number of aryl methyl sites for hydroxylation is 1. The molecule has 150 valence electrons. The Morgan fingerprint density at radius 3 is 2.64 bits per heavy atom. The molecule has 0 saturated heterocycles. The lowest BCUT2D eigenvalue weighted by molar-refractivity contribution is -0.140. The number of halogens is 3. The van der Waals surface area contributed by atoms with E-state index in [9.17, 15) is 13.2 Å². The smallest absolute Gasteiger partial charge is 0.356 e. The summed E-state index contributed by atoms with van der Waals surface area (Å²) in [6.07, 6.45) is -2.32. The maximum atomic E-state index is 12.6. The molecule has 0 aliphatic carbocycles. The van der Waals surface area contributed by atoms with Gasteiger partial charge in [-0.25, -0.2) is 9.97 Å². The number of nitrogens with one attached hydrogen (secondary N) is 3. The highest BCUT2D eigenvalue weighted by molar-refractivity contribution is 7.09. The van der Waals surface area contributed by atoms with Crippen LogP contribution in [-0.2, 0) is 19.0 Å². The number of para-hydroxylation sites is 2. The van der Waals surface area contributed by atoms with Crippen LogP contribution in [0, 0.1) is 0 Å². The van der Waals surface area contributed by atoms with Gasteiger partial charge in [-0.1, -0.05) is 12.1 Å². The first-order valence-electron chi connectivity index (χ1n) is 8.85. The maximum absolute atomic E-state index is 12.6. The molecule has 3 N–H and O–H groups in total. The molecule has 6 nitrogen and oxygen atoms in total. The first-order valence-corrected chi connectivity index (χ1v) is 9.73. The Bertz CT molecular complexity index is 898. The molecule has 10 heteroatoms. The van der Waals surface area contributed by atoms with Gasteiger partial charge in [-0.2, -0.15) is 13.2 Å². The summed E-state index contributed by atoms with van der Waals surface area (Å²) in [7, 11) is 1.65.